The number of benzene rings is 2. The van der Waals surface area contributed by atoms with Gasteiger partial charge in [0.2, 0.25) is 0 Å². The maximum atomic E-state index is 5.57. The molecule has 3 heteroatoms. The second-order valence-corrected chi connectivity index (χ2v) is 18.5. The Morgan fingerprint density at radius 3 is 1.03 bits per heavy atom. The van der Waals surface area contributed by atoms with E-state index in [1.54, 1.807) is 0 Å². The van der Waals surface area contributed by atoms with E-state index in [1.165, 1.54) is 214 Å². The Morgan fingerprint density at radius 2 is 0.672 bits per heavy atom. The minimum atomic E-state index is 0. The van der Waals surface area contributed by atoms with Crippen LogP contribution >= 0.6 is 0 Å². The van der Waals surface area contributed by atoms with Crippen LogP contribution in [0.4, 0.5) is 11.4 Å². The number of hydrogen-bond acceptors (Lipinski definition) is 2. The monoisotopic (exact) mass is 881 g/mol. The van der Waals surface area contributed by atoms with Crippen LogP contribution in [-0.2, 0) is 42.2 Å². The van der Waals surface area contributed by atoms with E-state index in [1.807, 2.05) is 0 Å². The minimum absolute atomic E-state index is 0. The number of unbranched alkanes of at least 4 members (excludes halogenated alkanes) is 25. The standard InChI is InChI=1S/C58H98N2.Ni/c1-7-13-19-21-22-23-24-25-26-27-28-29-30-31-32-33-34-35-36-38-44-58(60-56-49-53(41-17-11-5)46-54(50-56)42-18-12-6)57(43-37-20-14-8-2)59-55-47-51(39-15-9-3)45-52(48-55)40-16-10-4;/h38,44-50H,7-37,39-43H2,1-6H3;. The third-order valence-electron chi connectivity index (χ3n) is 12.4. The minimum Gasteiger partial charge on any atom is -0.251 e. The first-order valence-electron chi connectivity index (χ1n) is 26.6. The molecule has 0 saturated heterocycles. The van der Waals surface area contributed by atoms with Gasteiger partial charge in [-0.25, -0.2) is 4.99 Å². The first kappa shape index (κ1) is 57.0. The smallest absolute Gasteiger partial charge is 0.0848 e. The van der Waals surface area contributed by atoms with Gasteiger partial charge in [0.05, 0.1) is 22.8 Å². The van der Waals surface area contributed by atoms with Crippen molar-refractivity contribution in [2.75, 3.05) is 0 Å². The van der Waals surface area contributed by atoms with Crippen molar-refractivity contribution in [2.45, 2.75) is 273 Å². The first-order chi connectivity index (χ1) is 29.6. The maximum absolute atomic E-state index is 5.57. The quantitative estimate of drug-likeness (QED) is 0.0362. The second kappa shape index (κ2) is 40.8. The number of aliphatic imine (C=N–C) groups is 2. The molecule has 0 atom stereocenters. The van der Waals surface area contributed by atoms with Gasteiger partial charge in [-0.2, -0.15) is 0 Å². The van der Waals surface area contributed by atoms with Gasteiger partial charge in [-0.15, -0.1) is 0 Å². The summed E-state index contributed by atoms with van der Waals surface area (Å²) in [6, 6.07) is 14.4. The van der Waals surface area contributed by atoms with E-state index < -0.39 is 0 Å². The predicted molar refractivity (Wildman–Crippen MR) is 273 cm³/mol. The number of allylic oxidation sites excluding steroid dienone is 2. The molecule has 0 fully saturated rings. The van der Waals surface area contributed by atoms with Crippen LogP contribution in [0.2, 0.25) is 0 Å². The third kappa shape index (κ3) is 29.9. The Morgan fingerprint density at radius 1 is 0.361 bits per heavy atom. The fourth-order valence-corrected chi connectivity index (χ4v) is 8.53. The molecule has 0 aliphatic rings. The van der Waals surface area contributed by atoms with Crippen LogP contribution in [-0.4, -0.2) is 11.4 Å². The van der Waals surface area contributed by atoms with Crippen LogP contribution in [0, 0.1) is 0 Å². The molecule has 2 aromatic rings. The van der Waals surface area contributed by atoms with Crippen LogP contribution in [0.25, 0.3) is 0 Å². The molecule has 0 aliphatic heterocycles. The summed E-state index contributed by atoms with van der Waals surface area (Å²) in [6.45, 7) is 13.8. The maximum Gasteiger partial charge on any atom is 0.0848 e. The van der Waals surface area contributed by atoms with Crippen molar-refractivity contribution in [2.24, 2.45) is 9.98 Å². The second-order valence-electron chi connectivity index (χ2n) is 18.5. The molecular formula is C58H98N2Ni. The Hall–Kier alpha value is -1.99. The SMILES string of the molecule is CCCCCCCCCCCCCCCCCCCCC=CC(=Nc1cc(CCCC)cc(CCCC)c1)C(CCCCCC)=Nc1cc(CCCC)cc(CCCC)c1.[Ni]. The molecule has 0 amide bonds. The van der Waals surface area contributed by atoms with Crippen LogP contribution in [0.5, 0.6) is 0 Å². The molecule has 0 heterocycles. The molecule has 61 heavy (non-hydrogen) atoms. The molecule has 350 valence electrons. The van der Waals surface area contributed by atoms with Crippen molar-refractivity contribution in [3.05, 3.63) is 70.8 Å². The van der Waals surface area contributed by atoms with E-state index >= 15 is 0 Å². The van der Waals surface area contributed by atoms with Crippen LogP contribution in [0.1, 0.15) is 269 Å². The molecule has 0 N–H and O–H groups in total. The van der Waals surface area contributed by atoms with E-state index in [4.69, 9.17) is 9.98 Å². The summed E-state index contributed by atoms with van der Waals surface area (Å²) in [5.74, 6) is 0. The van der Waals surface area contributed by atoms with Crippen LogP contribution in [0.15, 0.2) is 58.5 Å². The van der Waals surface area contributed by atoms with Crippen LogP contribution in [0.3, 0.4) is 0 Å². The van der Waals surface area contributed by atoms with Gasteiger partial charge in [-0.3, -0.25) is 4.99 Å². The zero-order valence-electron chi connectivity index (χ0n) is 41.3. The first-order valence-corrected chi connectivity index (χ1v) is 26.6. The van der Waals surface area contributed by atoms with E-state index in [-0.39, 0.29) is 16.5 Å². The molecule has 0 saturated carbocycles. The summed E-state index contributed by atoms with van der Waals surface area (Å²) < 4.78 is 0. The molecule has 0 bridgehead atoms. The Kier molecular flexibility index (Phi) is 38.1. The van der Waals surface area contributed by atoms with Gasteiger partial charge >= 0.3 is 0 Å². The topological polar surface area (TPSA) is 24.7 Å². The summed E-state index contributed by atoms with van der Waals surface area (Å²) in [4.78, 5) is 11.1. The van der Waals surface area contributed by atoms with Gasteiger partial charge in [-0.1, -0.05) is 214 Å². The Bertz CT molecular complexity index is 1350. The van der Waals surface area contributed by atoms with Gasteiger partial charge < -0.3 is 0 Å². The zero-order chi connectivity index (χ0) is 43.1. The van der Waals surface area contributed by atoms with E-state index in [2.05, 4.69) is 90.1 Å². The van der Waals surface area contributed by atoms with Gasteiger partial charge in [0.25, 0.3) is 0 Å². The molecular weight excluding hydrogens is 783 g/mol. The van der Waals surface area contributed by atoms with E-state index in [9.17, 15) is 0 Å². The third-order valence-corrected chi connectivity index (χ3v) is 12.4. The normalized spacial score (nSPS) is 12.2. The molecule has 2 rings (SSSR count). The van der Waals surface area contributed by atoms with E-state index in [0.29, 0.717) is 0 Å². The Labute approximate surface area is 390 Å². The fraction of sp³-hybridized carbons (Fsp3) is 0.724. The van der Waals surface area contributed by atoms with Crippen molar-refractivity contribution < 1.29 is 16.5 Å². The molecule has 0 aliphatic carbocycles. The number of nitrogens with zero attached hydrogens (tertiary/aromatic N) is 2. The average molecular weight is 882 g/mol. The van der Waals surface area contributed by atoms with E-state index in [0.717, 1.165) is 62.0 Å². The van der Waals surface area contributed by atoms with Crippen molar-refractivity contribution >= 4 is 22.8 Å². The van der Waals surface area contributed by atoms with Gasteiger partial charge in [0.1, 0.15) is 0 Å². The van der Waals surface area contributed by atoms with Gasteiger partial charge in [-0.05, 0) is 130 Å². The summed E-state index contributed by atoms with van der Waals surface area (Å²) in [5.41, 5.74) is 10.3. The van der Waals surface area contributed by atoms with Crippen molar-refractivity contribution in [3.8, 4) is 0 Å². The zero-order valence-corrected chi connectivity index (χ0v) is 42.3. The number of aryl methyl sites for hydroxylation is 4. The average Bonchev–Trinajstić information content (AvgIpc) is 3.26. The summed E-state index contributed by atoms with van der Waals surface area (Å²) in [6.07, 6.45) is 51.7. The molecule has 2 aromatic carbocycles. The van der Waals surface area contributed by atoms with Crippen molar-refractivity contribution in [1.29, 1.82) is 0 Å². The van der Waals surface area contributed by atoms with Gasteiger partial charge in [0.15, 0.2) is 0 Å². The largest absolute Gasteiger partial charge is 0.251 e. The molecule has 0 spiro atoms. The summed E-state index contributed by atoms with van der Waals surface area (Å²) >= 11 is 0. The Balaban J connectivity index is 0.0000186. The van der Waals surface area contributed by atoms with Crippen molar-refractivity contribution in [1.82, 2.24) is 0 Å². The fourth-order valence-electron chi connectivity index (χ4n) is 8.53. The number of hydrogen-bond donors (Lipinski definition) is 0. The van der Waals surface area contributed by atoms with Crippen LogP contribution < -0.4 is 0 Å². The van der Waals surface area contributed by atoms with Crippen molar-refractivity contribution in [3.63, 3.8) is 0 Å². The molecule has 0 unspecified atom stereocenters. The summed E-state index contributed by atoms with van der Waals surface area (Å²) in [7, 11) is 0. The molecule has 0 aromatic heterocycles. The predicted octanol–water partition coefficient (Wildman–Crippen LogP) is 19.9. The number of rotatable bonds is 40. The molecule has 0 radical (unpaired) electrons. The van der Waals surface area contributed by atoms with Gasteiger partial charge in [0, 0.05) is 16.5 Å². The summed E-state index contributed by atoms with van der Waals surface area (Å²) in [5, 5.41) is 0. The molecule has 2 nitrogen and oxygen atoms in total.